The van der Waals surface area contributed by atoms with E-state index in [1.54, 1.807) is 43.3 Å². The summed E-state index contributed by atoms with van der Waals surface area (Å²) in [5, 5.41) is 2.87. The van der Waals surface area contributed by atoms with Gasteiger partial charge in [-0.2, -0.15) is 13.2 Å². The second kappa shape index (κ2) is 11.7. The van der Waals surface area contributed by atoms with Crippen molar-refractivity contribution in [3.63, 3.8) is 0 Å². The lowest BCUT2D eigenvalue weighted by Gasteiger charge is -2.29. The van der Waals surface area contributed by atoms with Crippen LogP contribution < -0.4 is 5.32 Å². The fourth-order valence-corrected chi connectivity index (χ4v) is 6.15. The Morgan fingerprint density at radius 3 is 2.33 bits per heavy atom. The van der Waals surface area contributed by atoms with Crippen LogP contribution in [0.5, 0.6) is 0 Å². The van der Waals surface area contributed by atoms with Crippen LogP contribution in [0.1, 0.15) is 68.2 Å². The average Bonchev–Trinajstić information content (AvgIpc) is 3.22. The lowest BCUT2D eigenvalue weighted by atomic mass is 9.80. The number of halogens is 3. The number of imidazole rings is 1. The van der Waals surface area contributed by atoms with Crippen LogP contribution in [0.3, 0.4) is 0 Å². The Hall–Kier alpha value is -2.88. The van der Waals surface area contributed by atoms with Crippen LogP contribution in [0.15, 0.2) is 47.4 Å². The summed E-state index contributed by atoms with van der Waals surface area (Å²) < 4.78 is 65.4. The second-order valence-corrected chi connectivity index (χ2v) is 13.2. The summed E-state index contributed by atoms with van der Waals surface area (Å²) in [6.45, 7) is 6.79. The molecule has 1 fully saturated rings. The van der Waals surface area contributed by atoms with Crippen molar-refractivity contribution in [2.45, 2.75) is 77.0 Å². The summed E-state index contributed by atoms with van der Waals surface area (Å²) in [5.74, 6) is -0.0797. The van der Waals surface area contributed by atoms with Crippen LogP contribution in [0.4, 0.5) is 13.2 Å². The zero-order valence-electron chi connectivity index (χ0n) is 22.6. The number of amides is 1. The molecule has 0 unspecified atom stereocenters. The number of nitrogens with one attached hydrogen (secondary N) is 1. The van der Waals surface area contributed by atoms with E-state index in [0.717, 1.165) is 23.4 Å². The molecule has 0 spiro atoms. The number of fused-ring (bicyclic) bond motifs is 1. The van der Waals surface area contributed by atoms with E-state index in [1.807, 2.05) is 6.07 Å². The number of carbonyl (C=O) groups excluding carboxylic acids is 1. The van der Waals surface area contributed by atoms with Gasteiger partial charge in [0.2, 0.25) is 0 Å². The number of sulfone groups is 1. The van der Waals surface area contributed by atoms with Crippen LogP contribution in [0.25, 0.3) is 11.0 Å². The van der Waals surface area contributed by atoms with Crippen molar-refractivity contribution in [3.8, 4) is 0 Å². The maximum absolute atomic E-state index is 13.1. The molecule has 0 aliphatic heterocycles. The molecule has 39 heavy (non-hydrogen) atoms. The van der Waals surface area contributed by atoms with E-state index >= 15 is 0 Å². The lowest BCUT2D eigenvalue weighted by Crippen LogP contribution is -2.28. The van der Waals surface area contributed by atoms with Crippen LogP contribution in [-0.4, -0.2) is 35.8 Å². The predicted molar refractivity (Wildman–Crippen MR) is 145 cm³/mol. The Bertz CT molecular complexity index is 1410. The highest BCUT2D eigenvalue weighted by Crippen LogP contribution is 2.40. The van der Waals surface area contributed by atoms with Gasteiger partial charge in [-0.1, -0.05) is 32.9 Å². The first-order valence-corrected chi connectivity index (χ1v) is 15.2. The van der Waals surface area contributed by atoms with Crippen LogP contribution in [-0.2, 0) is 29.3 Å². The maximum atomic E-state index is 13.1. The van der Waals surface area contributed by atoms with Gasteiger partial charge in [0.25, 0.3) is 5.91 Å². The molecule has 0 atom stereocenters. The largest absolute Gasteiger partial charge is 0.391 e. The average molecular weight is 564 g/mol. The van der Waals surface area contributed by atoms with E-state index in [9.17, 15) is 26.4 Å². The van der Waals surface area contributed by atoms with Crippen molar-refractivity contribution in [2.24, 2.45) is 17.8 Å². The van der Waals surface area contributed by atoms with E-state index in [1.165, 1.54) is 0 Å². The number of carbonyl (C=O) groups is 1. The molecule has 212 valence electrons. The van der Waals surface area contributed by atoms with E-state index < -0.39 is 21.9 Å². The molecule has 6 nitrogen and oxygen atoms in total. The number of nitrogens with zero attached hydrogens (tertiary/aromatic N) is 2. The smallest absolute Gasteiger partial charge is 0.348 e. The van der Waals surface area contributed by atoms with Gasteiger partial charge in [-0.3, -0.25) is 4.79 Å². The minimum Gasteiger partial charge on any atom is -0.348 e. The van der Waals surface area contributed by atoms with Crippen molar-refractivity contribution in [2.75, 3.05) is 5.75 Å². The third-order valence-electron chi connectivity index (χ3n) is 7.53. The zero-order valence-corrected chi connectivity index (χ0v) is 23.4. The van der Waals surface area contributed by atoms with Gasteiger partial charge in [0.1, 0.15) is 5.82 Å². The predicted octanol–water partition coefficient (Wildman–Crippen LogP) is 6.33. The van der Waals surface area contributed by atoms with Gasteiger partial charge in [-0.05, 0) is 73.4 Å². The van der Waals surface area contributed by atoms with Gasteiger partial charge < -0.3 is 9.88 Å². The molecule has 1 aliphatic carbocycles. The fraction of sp³-hybridized carbons (Fsp3) is 0.517. The van der Waals surface area contributed by atoms with E-state index in [4.69, 9.17) is 4.98 Å². The van der Waals surface area contributed by atoms with Crippen molar-refractivity contribution < 1.29 is 26.4 Å². The molecule has 3 aromatic rings. The molecule has 1 heterocycles. The highest BCUT2D eigenvalue weighted by molar-refractivity contribution is 7.91. The fourth-order valence-electron chi connectivity index (χ4n) is 5.26. The summed E-state index contributed by atoms with van der Waals surface area (Å²) in [6, 6.07) is 11.9. The quantitative estimate of drug-likeness (QED) is 0.330. The SMILES string of the molecule is CCS(=O)(=O)c1ccc(CNC(=O)c2ccc3c(c2)nc(C[C@H]2CC[C@H](C(F)(F)F)CC2)n3CC(C)C)cc1. The zero-order chi connectivity index (χ0) is 28.4. The highest BCUT2D eigenvalue weighted by atomic mass is 32.2. The van der Waals surface area contributed by atoms with E-state index in [2.05, 4.69) is 23.7 Å². The highest BCUT2D eigenvalue weighted by Gasteiger charge is 2.41. The van der Waals surface area contributed by atoms with Gasteiger partial charge in [0.15, 0.2) is 9.84 Å². The Morgan fingerprint density at radius 1 is 1.08 bits per heavy atom. The van der Waals surface area contributed by atoms with Gasteiger partial charge in [-0.15, -0.1) is 0 Å². The molecule has 1 aliphatic rings. The van der Waals surface area contributed by atoms with Gasteiger partial charge in [0, 0.05) is 25.1 Å². The number of aromatic nitrogens is 2. The number of hydrogen-bond donors (Lipinski definition) is 1. The molecule has 10 heteroatoms. The van der Waals surface area contributed by atoms with Crippen molar-refractivity contribution in [1.82, 2.24) is 14.9 Å². The molecule has 1 N–H and O–H groups in total. The Labute approximate surface area is 227 Å². The monoisotopic (exact) mass is 563 g/mol. The standard InChI is InChI=1S/C29H36F3N3O3S/c1-4-39(37,38)24-12-7-21(8-13-24)17-33-28(36)22-9-14-26-25(16-22)34-27(35(26)18-19(2)3)15-20-5-10-23(11-6-20)29(30,31)32/h7-9,12-14,16,19-20,23H,4-6,10-11,15,17-18H2,1-3H3,(H,33,36)/t20-,23-. The molecular formula is C29H36F3N3O3S. The third kappa shape index (κ3) is 7.01. The number of hydrogen-bond acceptors (Lipinski definition) is 4. The summed E-state index contributed by atoms with van der Waals surface area (Å²) in [5.41, 5.74) is 2.84. The topological polar surface area (TPSA) is 81.1 Å². The minimum absolute atomic E-state index is 0.0272. The van der Waals surface area contributed by atoms with Crippen molar-refractivity contribution >= 4 is 26.8 Å². The van der Waals surface area contributed by atoms with Gasteiger partial charge in [0.05, 0.1) is 27.6 Å². The molecule has 2 aromatic carbocycles. The number of benzene rings is 2. The summed E-state index contributed by atoms with van der Waals surface area (Å²) in [6.07, 6.45) is -2.09. The Kier molecular flexibility index (Phi) is 8.73. The molecule has 0 radical (unpaired) electrons. The van der Waals surface area contributed by atoms with E-state index in [-0.39, 0.29) is 41.9 Å². The maximum Gasteiger partial charge on any atom is 0.391 e. The Balaban J connectivity index is 1.47. The van der Waals surface area contributed by atoms with Gasteiger partial charge >= 0.3 is 6.18 Å². The molecule has 1 saturated carbocycles. The first-order chi connectivity index (χ1) is 18.4. The summed E-state index contributed by atoms with van der Waals surface area (Å²) in [7, 11) is -3.28. The minimum atomic E-state index is -4.12. The van der Waals surface area contributed by atoms with Crippen LogP contribution in [0, 0.1) is 17.8 Å². The van der Waals surface area contributed by atoms with Gasteiger partial charge in [-0.25, -0.2) is 13.4 Å². The summed E-state index contributed by atoms with van der Waals surface area (Å²) >= 11 is 0. The van der Waals surface area contributed by atoms with Crippen LogP contribution >= 0.6 is 0 Å². The molecule has 0 bridgehead atoms. The normalized spacial score (nSPS) is 18.5. The van der Waals surface area contributed by atoms with Crippen LogP contribution in [0.2, 0.25) is 0 Å². The number of alkyl halides is 3. The van der Waals surface area contributed by atoms with E-state index in [0.29, 0.717) is 36.3 Å². The van der Waals surface area contributed by atoms with Crippen molar-refractivity contribution in [1.29, 1.82) is 0 Å². The Morgan fingerprint density at radius 2 is 1.74 bits per heavy atom. The van der Waals surface area contributed by atoms with Crippen molar-refractivity contribution in [3.05, 3.63) is 59.4 Å². The summed E-state index contributed by atoms with van der Waals surface area (Å²) in [4.78, 5) is 18.0. The first-order valence-electron chi connectivity index (χ1n) is 13.5. The lowest BCUT2D eigenvalue weighted by molar-refractivity contribution is -0.183. The molecule has 1 aromatic heterocycles. The molecule has 4 rings (SSSR count). The molecule has 0 saturated heterocycles. The first kappa shape index (κ1) is 29.1. The molecular weight excluding hydrogens is 527 g/mol. The number of rotatable bonds is 9. The molecule has 1 amide bonds. The second-order valence-electron chi connectivity index (χ2n) is 10.9. The third-order valence-corrected chi connectivity index (χ3v) is 9.28.